The summed E-state index contributed by atoms with van der Waals surface area (Å²) in [5.74, 6) is 6.42. The van der Waals surface area contributed by atoms with Crippen molar-refractivity contribution in [1.82, 2.24) is 4.90 Å². The number of nitrogens with zero attached hydrogens (tertiary/aromatic N) is 1. The third-order valence-electron chi connectivity index (χ3n) is 6.29. The van der Waals surface area contributed by atoms with Crippen molar-refractivity contribution in [2.45, 2.75) is 36.9 Å². The number of morpholine rings is 1. The Morgan fingerprint density at radius 2 is 1.95 bits per heavy atom. The Morgan fingerprint density at radius 3 is 2.66 bits per heavy atom. The average Bonchev–Trinajstić information content (AvgIpc) is 2.94. The molecular formula is C31H32F3NO5S. The number of ether oxygens (including phenoxy) is 4. The molecule has 10 heteroatoms. The highest BCUT2D eigenvalue weighted by molar-refractivity contribution is 8.03. The van der Waals surface area contributed by atoms with Crippen LogP contribution in [0.5, 0.6) is 11.5 Å². The fraction of sp³-hybridized carbons (Fsp3) is 0.387. The molecule has 218 valence electrons. The first kappa shape index (κ1) is 30.7. The molecule has 0 saturated carbocycles. The van der Waals surface area contributed by atoms with Crippen LogP contribution in [0.15, 0.2) is 70.5 Å². The Bertz CT molecular complexity index is 1340. The standard InChI is InChI=1S/C31H32F3NO5S/c1-3-38-29(36)22-39-30(2)11-9-27(10-12-30)41-28-19-23(6-5-13-35-14-16-37-17-15-35)18-26(21-28)40-25-8-4-7-24(20-25)31(32,33)34/h4,7-11,18-21H,3,12-17,22H2,1-2H3. The Kier molecular flexibility index (Phi) is 10.6. The third-order valence-corrected chi connectivity index (χ3v) is 7.30. The molecule has 0 aromatic heterocycles. The summed E-state index contributed by atoms with van der Waals surface area (Å²) < 4.78 is 61.7. The van der Waals surface area contributed by atoms with Crippen molar-refractivity contribution in [1.29, 1.82) is 0 Å². The summed E-state index contributed by atoms with van der Waals surface area (Å²) in [5.41, 5.74) is -0.730. The first-order chi connectivity index (χ1) is 19.6. The number of benzene rings is 2. The van der Waals surface area contributed by atoms with Gasteiger partial charge < -0.3 is 18.9 Å². The monoisotopic (exact) mass is 587 g/mol. The molecule has 0 bridgehead atoms. The molecule has 1 heterocycles. The van der Waals surface area contributed by atoms with Gasteiger partial charge in [0.2, 0.25) is 0 Å². The van der Waals surface area contributed by atoms with E-state index < -0.39 is 23.3 Å². The largest absolute Gasteiger partial charge is 0.464 e. The maximum Gasteiger partial charge on any atom is 0.416 e. The van der Waals surface area contributed by atoms with Crippen molar-refractivity contribution < 1.29 is 36.9 Å². The molecule has 1 saturated heterocycles. The van der Waals surface area contributed by atoms with Crippen LogP contribution in [0.2, 0.25) is 0 Å². The lowest BCUT2D eigenvalue weighted by atomic mass is 9.97. The predicted octanol–water partition coefficient (Wildman–Crippen LogP) is 6.46. The van der Waals surface area contributed by atoms with Gasteiger partial charge in [0.15, 0.2) is 0 Å². The van der Waals surface area contributed by atoms with Gasteiger partial charge in [0.05, 0.1) is 37.5 Å². The zero-order valence-corrected chi connectivity index (χ0v) is 23.8. The zero-order valence-electron chi connectivity index (χ0n) is 23.0. The number of halogens is 3. The van der Waals surface area contributed by atoms with Gasteiger partial charge in [-0.25, -0.2) is 4.79 Å². The molecule has 6 nitrogen and oxygen atoms in total. The number of alkyl halides is 3. The minimum Gasteiger partial charge on any atom is -0.464 e. The predicted molar refractivity (Wildman–Crippen MR) is 151 cm³/mol. The number of esters is 1. The minimum atomic E-state index is -4.47. The lowest BCUT2D eigenvalue weighted by molar-refractivity contribution is -0.152. The first-order valence-corrected chi connectivity index (χ1v) is 14.1. The number of hydrogen-bond acceptors (Lipinski definition) is 7. The molecule has 41 heavy (non-hydrogen) atoms. The fourth-order valence-electron chi connectivity index (χ4n) is 4.09. The summed E-state index contributed by atoms with van der Waals surface area (Å²) in [4.78, 5) is 15.7. The van der Waals surface area contributed by atoms with Crippen molar-refractivity contribution in [3.05, 3.63) is 76.7 Å². The lowest BCUT2D eigenvalue weighted by Crippen LogP contribution is -2.36. The molecule has 0 N–H and O–H groups in total. The summed E-state index contributed by atoms with van der Waals surface area (Å²) in [6.07, 6.45) is 1.92. The van der Waals surface area contributed by atoms with E-state index in [0.29, 0.717) is 44.1 Å². The van der Waals surface area contributed by atoms with Crippen LogP contribution in [0.3, 0.4) is 0 Å². The van der Waals surface area contributed by atoms with Crippen LogP contribution in [0.1, 0.15) is 31.4 Å². The van der Waals surface area contributed by atoms with E-state index in [1.807, 2.05) is 31.2 Å². The van der Waals surface area contributed by atoms with Crippen molar-refractivity contribution in [3.8, 4) is 23.3 Å². The van der Waals surface area contributed by atoms with Crippen LogP contribution in [-0.2, 0) is 25.2 Å². The molecule has 1 aliphatic heterocycles. The van der Waals surface area contributed by atoms with Gasteiger partial charge in [-0.15, -0.1) is 0 Å². The van der Waals surface area contributed by atoms with Crippen LogP contribution < -0.4 is 4.74 Å². The van der Waals surface area contributed by atoms with Crippen molar-refractivity contribution in [2.75, 3.05) is 46.1 Å². The van der Waals surface area contributed by atoms with Crippen molar-refractivity contribution in [2.24, 2.45) is 0 Å². The summed E-state index contributed by atoms with van der Waals surface area (Å²) in [7, 11) is 0. The molecule has 4 rings (SSSR count). The average molecular weight is 588 g/mol. The molecule has 2 aromatic carbocycles. The molecule has 2 aliphatic rings. The van der Waals surface area contributed by atoms with Crippen molar-refractivity contribution >= 4 is 17.7 Å². The summed E-state index contributed by atoms with van der Waals surface area (Å²) >= 11 is 1.48. The molecule has 0 amide bonds. The van der Waals surface area contributed by atoms with Gasteiger partial charge in [-0.05, 0) is 62.7 Å². The van der Waals surface area contributed by atoms with Crippen molar-refractivity contribution in [3.63, 3.8) is 0 Å². The van der Waals surface area contributed by atoms with Gasteiger partial charge in [-0.2, -0.15) is 13.2 Å². The number of carbonyl (C=O) groups excluding carboxylic acids is 1. The number of allylic oxidation sites excluding steroid dienone is 1. The van der Waals surface area contributed by atoms with Crippen LogP contribution >= 0.6 is 11.8 Å². The minimum absolute atomic E-state index is 0.0838. The molecule has 1 fully saturated rings. The van der Waals surface area contributed by atoms with E-state index in [1.54, 1.807) is 19.1 Å². The van der Waals surface area contributed by atoms with Crippen LogP contribution in [0.25, 0.3) is 0 Å². The van der Waals surface area contributed by atoms with Gasteiger partial charge >= 0.3 is 12.1 Å². The highest BCUT2D eigenvalue weighted by atomic mass is 32.2. The molecular weight excluding hydrogens is 555 g/mol. The van der Waals surface area contributed by atoms with E-state index in [4.69, 9.17) is 18.9 Å². The number of thioether (sulfide) groups is 1. The van der Waals surface area contributed by atoms with E-state index in [0.717, 1.165) is 35.0 Å². The van der Waals surface area contributed by atoms with E-state index in [9.17, 15) is 18.0 Å². The SMILES string of the molecule is CCOC(=O)COC1(C)C=CC(Sc2cc(C#CCN3CCOCC3)cc(Oc3cccc(C(F)(F)F)c3)c2)=CC1. The molecule has 1 atom stereocenters. The molecule has 1 unspecified atom stereocenters. The van der Waals surface area contributed by atoms with Crippen LogP contribution in [0, 0.1) is 11.8 Å². The van der Waals surface area contributed by atoms with Crippen LogP contribution in [0.4, 0.5) is 13.2 Å². The zero-order chi connectivity index (χ0) is 29.3. The first-order valence-electron chi connectivity index (χ1n) is 13.3. The smallest absolute Gasteiger partial charge is 0.416 e. The second-order valence-electron chi connectivity index (χ2n) is 9.66. The summed E-state index contributed by atoms with van der Waals surface area (Å²) in [6.45, 7) is 7.38. The van der Waals surface area contributed by atoms with E-state index in [2.05, 4.69) is 16.7 Å². The van der Waals surface area contributed by atoms with Gasteiger partial charge in [-0.3, -0.25) is 4.90 Å². The quantitative estimate of drug-likeness (QED) is 0.247. The summed E-state index contributed by atoms with van der Waals surface area (Å²) in [5, 5.41) is 0. The summed E-state index contributed by atoms with van der Waals surface area (Å²) in [6, 6.07) is 10.2. The Labute approximate surface area is 242 Å². The van der Waals surface area contributed by atoms with E-state index >= 15 is 0 Å². The van der Waals surface area contributed by atoms with Gasteiger partial charge in [-0.1, -0.05) is 41.8 Å². The second kappa shape index (κ2) is 14.1. The Morgan fingerprint density at radius 1 is 1.15 bits per heavy atom. The molecule has 1 aliphatic carbocycles. The normalized spacial score (nSPS) is 19.2. The maximum absolute atomic E-state index is 13.2. The Hall–Kier alpha value is -3.23. The van der Waals surface area contributed by atoms with E-state index in [1.165, 1.54) is 23.9 Å². The molecule has 0 spiro atoms. The third kappa shape index (κ3) is 9.68. The number of carbonyl (C=O) groups is 1. The van der Waals surface area contributed by atoms with E-state index in [-0.39, 0.29) is 12.4 Å². The Balaban J connectivity index is 1.51. The molecule has 0 radical (unpaired) electrons. The number of hydrogen-bond donors (Lipinski definition) is 0. The highest BCUT2D eigenvalue weighted by Crippen LogP contribution is 2.37. The van der Waals surface area contributed by atoms with Gasteiger partial charge in [0, 0.05) is 28.5 Å². The highest BCUT2D eigenvalue weighted by Gasteiger charge is 2.30. The fourth-order valence-corrected chi connectivity index (χ4v) is 5.03. The van der Waals surface area contributed by atoms with Gasteiger partial charge in [0.25, 0.3) is 0 Å². The topological polar surface area (TPSA) is 57.2 Å². The van der Waals surface area contributed by atoms with Crippen LogP contribution in [-0.4, -0.2) is 62.5 Å². The second-order valence-corrected chi connectivity index (χ2v) is 10.8. The maximum atomic E-state index is 13.2. The molecule has 2 aromatic rings. The lowest BCUT2D eigenvalue weighted by Gasteiger charge is -2.27. The number of rotatable bonds is 9. The van der Waals surface area contributed by atoms with Gasteiger partial charge in [0.1, 0.15) is 18.1 Å².